The molecule has 1 aromatic rings. The summed E-state index contributed by atoms with van der Waals surface area (Å²) in [4.78, 5) is 0. The Morgan fingerprint density at radius 3 is 2.72 bits per heavy atom. The molecule has 1 aliphatic heterocycles. The van der Waals surface area contributed by atoms with Crippen LogP contribution in [0.5, 0.6) is 5.75 Å². The minimum Gasteiger partial charge on any atom is -0.491 e. The summed E-state index contributed by atoms with van der Waals surface area (Å²) in [6.45, 7) is 3.45. The molecule has 1 aromatic carbocycles. The van der Waals surface area contributed by atoms with Crippen LogP contribution in [0.15, 0.2) is 24.3 Å². The van der Waals surface area contributed by atoms with Crippen molar-refractivity contribution >= 4 is 0 Å². The maximum Gasteiger partial charge on any atom is 0.119 e. The topological polar surface area (TPSA) is 38.7 Å². The van der Waals surface area contributed by atoms with Gasteiger partial charge in [-0.1, -0.05) is 19.1 Å². The van der Waals surface area contributed by atoms with Gasteiger partial charge in [-0.05, 0) is 43.4 Å². The van der Waals surface area contributed by atoms with Gasteiger partial charge in [0.05, 0.1) is 12.2 Å². The van der Waals surface area contributed by atoms with Crippen molar-refractivity contribution in [3.8, 4) is 5.75 Å². The Morgan fingerprint density at radius 2 is 2.11 bits per heavy atom. The SMILES string of the molecule is CCC(O)c1ccc(OCC2CCCCO2)cc1. The summed E-state index contributed by atoms with van der Waals surface area (Å²) >= 11 is 0. The third-order valence-electron chi connectivity index (χ3n) is 3.36. The van der Waals surface area contributed by atoms with E-state index < -0.39 is 0 Å². The van der Waals surface area contributed by atoms with Crippen LogP contribution in [-0.2, 0) is 4.74 Å². The zero-order chi connectivity index (χ0) is 12.8. The molecule has 3 nitrogen and oxygen atoms in total. The van der Waals surface area contributed by atoms with Crippen molar-refractivity contribution in [2.45, 2.75) is 44.8 Å². The molecule has 2 atom stereocenters. The number of aliphatic hydroxyl groups excluding tert-OH is 1. The van der Waals surface area contributed by atoms with Gasteiger partial charge in [-0.2, -0.15) is 0 Å². The molecule has 2 unspecified atom stereocenters. The standard InChI is InChI=1S/C15H22O3/c1-2-15(16)12-6-8-13(9-7-12)18-11-14-5-3-4-10-17-14/h6-9,14-16H,2-5,10-11H2,1H3. The largest absolute Gasteiger partial charge is 0.491 e. The first kappa shape index (κ1) is 13.4. The van der Waals surface area contributed by atoms with Crippen LogP contribution in [0.25, 0.3) is 0 Å². The van der Waals surface area contributed by atoms with Gasteiger partial charge < -0.3 is 14.6 Å². The van der Waals surface area contributed by atoms with E-state index in [4.69, 9.17) is 9.47 Å². The van der Waals surface area contributed by atoms with E-state index in [-0.39, 0.29) is 12.2 Å². The van der Waals surface area contributed by atoms with Gasteiger partial charge in [0.1, 0.15) is 12.4 Å². The Labute approximate surface area is 109 Å². The predicted octanol–water partition coefficient (Wildman–Crippen LogP) is 3.08. The number of benzene rings is 1. The van der Waals surface area contributed by atoms with Crippen LogP contribution < -0.4 is 4.74 Å². The lowest BCUT2D eigenvalue weighted by molar-refractivity contribution is -0.0110. The molecule has 1 heterocycles. The Balaban J connectivity index is 1.82. The average Bonchev–Trinajstić information content (AvgIpc) is 2.46. The van der Waals surface area contributed by atoms with E-state index >= 15 is 0 Å². The molecule has 1 fully saturated rings. The van der Waals surface area contributed by atoms with Gasteiger partial charge in [0, 0.05) is 6.61 Å². The molecule has 2 rings (SSSR count). The quantitative estimate of drug-likeness (QED) is 0.872. The van der Waals surface area contributed by atoms with Crippen LogP contribution in [0.1, 0.15) is 44.3 Å². The fraction of sp³-hybridized carbons (Fsp3) is 0.600. The second kappa shape index (κ2) is 6.76. The smallest absolute Gasteiger partial charge is 0.119 e. The van der Waals surface area contributed by atoms with E-state index in [0.717, 1.165) is 30.8 Å². The molecular weight excluding hydrogens is 228 g/mol. The fourth-order valence-electron chi connectivity index (χ4n) is 2.15. The normalized spacial score (nSPS) is 21.6. The summed E-state index contributed by atoms with van der Waals surface area (Å²) in [7, 11) is 0. The first-order valence-electron chi connectivity index (χ1n) is 6.82. The maximum absolute atomic E-state index is 9.69. The minimum atomic E-state index is -0.374. The molecule has 0 amide bonds. The average molecular weight is 250 g/mol. The van der Waals surface area contributed by atoms with Gasteiger partial charge in [0.15, 0.2) is 0 Å². The Bertz CT molecular complexity index is 341. The van der Waals surface area contributed by atoms with Crippen LogP contribution in [0, 0.1) is 0 Å². The summed E-state index contributed by atoms with van der Waals surface area (Å²) in [5, 5.41) is 9.69. The highest BCUT2D eigenvalue weighted by Crippen LogP contribution is 2.21. The van der Waals surface area contributed by atoms with E-state index in [1.165, 1.54) is 12.8 Å². The molecule has 0 aliphatic carbocycles. The summed E-state index contributed by atoms with van der Waals surface area (Å²) in [5.41, 5.74) is 0.943. The summed E-state index contributed by atoms with van der Waals surface area (Å²) in [5.74, 6) is 0.844. The zero-order valence-corrected chi connectivity index (χ0v) is 11.0. The molecular formula is C15H22O3. The van der Waals surface area contributed by atoms with E-state index in [0.29, 0.717) is 6.61 Å². The lowest BCUT2D eigenvalue weighted by Crippen LogP contribution is -2.25. The molecule has 0 radical (unpaired) electrons. The first-order chi connectivity index (χ1) is 8.79. The van der Waals surface area contributed by atoms with Crippen molar-refractivity contribution < 1.29 is 14.6 Å². The lowest BCUT2D eigenvalue weighted by Gasteiger charge is -2.22. The number of ether oxygens (including phenoxy) is 2. The van der Waals surface area contributed by atoms with Crippen molar-refractivity contribution in [1.82, 2.24) is 0 Å². The number of rotatable bonds is 5. The number of hydrogen-bond donors (Lipinski definition) is 1. The van der Waals surface area contributed by atoms with Crippen molar-refractivity contribution in [1.29, 1.82) is 0 Å². The third-order valence-corrected chi connectivity index (χ3v) is 3.36. The molecule has 3 heteroatoms. The van der Waals surface area contributed by atoms with E-state index in [1.54, 1.807) is 0 Å². The van der Waals surface area contributed by atoms with E-state index in [1.807, 2.05) is 31.2 Å². The second-order valence-corrected chi connectivity index (χ2v) is 4.79. The van der Waals surface area contributed by atoms with E-state index in [9.17, 15) is 5.11 Å². The molecule has 0 saturated carbocycles. The summed E-state index contributed by atoms with van der Waals surface area (Å²) in [6.07, 6.45) is 4.08. The molecule has 1 saturated heterocycles. The first-order valence-corrected chi connectivity index (χ1v) is 6.82. The van der Waals surface area contributed by atoms with Gasteiger partial charge in [-0.3, -0.25) is 0 Å². The molecule has 1 aliphatic rings. The van der Waals surface area contributed by atoms with Crippen LogP contribution in [0.3, 0.4) is 0 Å². The molecule has 0 spiro atoms. The molecule has 1 N–H and O–H groups in total. The highest BCUT2D eigenvalue weighted by molar-refractivity contribution is 5.28. The van der Waals surface area contributed by atoms with Gasteiger partial charge in [-0.25, -0.2) is 0 Å². The second-order valence-electron chi connectivity index (χ2n) is 4.79. The zero-order valence-electron chi connectivity index (χ0n) is 11.0. The molecule has 0 bridgehead atoms. The molecule has 100 valence electrons. The number of aliphatic hydroxyl groups is 1. The maximum atomic E-state index is 9.69. The van der Waals surface area contributed by atoms with Crippen molar-refractivity contribution in [3.63, 3.8) is 0 Å². The van der Waals surface area contributed by atoms with E-state index in [2.05, 4.69) is 0 Å². The third kappa shape index (κ3) is 3.72. The number of hydrogen-bond acceptors (Lipinski definition) is 3. The van der Waals surface area contributed by atoms with Gasteiger partial charge in [0.25, 0.3) is 0 Å². The van der Waals surface area contributed by atoms with Crippen molar-refractivity contribution in [3.05, 3.63) is 29.8 Å². The van der Waals surface area contributed by atoms with Crippen LogP contribution in [-0.4, -0.2) is 24.4 Å². The van der Waals surface area contributed by atoms with Gasteiger partial charge in [0.2, 0.25) is 0 Å². The van der Waals surface area contributed by atoms with Crippen LogP contribution >= 0.6 is 0 Å². The summed E-state index contributed by atoms with van der Waals surface area (Å²) < 4.78 is 11.3. The van der Waals surface area contributed by atoms with Crippen molar-refractivity contribution in [2.24, 2.45) is 0 Å². The molecule has 0 aromatic heterocycles. The van der Waals surface area contributed by atoms with Crippen molar-refractivity contribution in [2.75, 3.05) is 13.2 Å². The van der Waals surface area contributed by atoms with Crippen LogP contribution in [0.2, 0.25) is 0 Å². The fourth-order valence-corrected chi connectivity index (χ4v) is 2.15. The molecule has 18 heavy (non-hydrogen) atoms. The Morgan fingerprint density at radius 1 is 1.33 bits per heavy atom. The van der Waals surface area contributed by atoms with Gasteiger partial charge >= 0.3 is 0 Å². The van der Waals surface area contributed by atoms with Gasteiger partial charge in [-0.15, -0.1) is 0 Å². The highest BCUT2D eigenvalue weighted by Gasteiger charge is 2.14. The Hall–Kier alpha value is -1.06. The summed E-state index contributed by atoms with van der Waals surface area (Å²) in [6, 6.07) is 7.67. The predicted molar refractivity (Wildman–Crippen MR) is 70.8 cm³/mol. The lowest BCUT2D eigenvalue weighted by atomic mass is 10.1. The minimum absolute atomic E-state index is 0.236. The highest BCUT2D eigenvalue weighted by atomic mass is 16.5. The Kier molecular flexibility index (Phi) is 5.02. The van der Waals surface area contributed by atoms with Crippen LogP contribution in [0.4, 0.5) is 0 Å². The monoisotopic (exact) mass is 250 g/mol.